The van der Waals surface area contributed by atoms with E-state index in [4.69, 9.17) is 27.9 Å². The highest BCUT2D eigenvalue weighted by Gasteiger charge is 2.57. The number of nitrogens with one attached hydrogen (secondary N) is 1. The van der Waals surface area contributed by atoms with Crippen LogP contribution in [0.4, 0.5) is 0 Å². The number of amides is 1. The highest BCUT2D eigenvalue weighted by atomic mass is 35.5. The number of aliphatic hydroxyl groups is 1. The van der Waals surface area contributed by atoms with Crippen molar-refractivity contribution in [2.24, 2.45) is 23.2 Å². The van der Waals surface area contributed by atoms with Crippen molar-refractivity contribution in [3.8, 4) is 5.75 Å². The Morgan fingerprint density at radius 2 is 1.89 bits per heavy atom. The first-order chi connectivity index (χ1) is 13.4. The van der Waals surface area contributed by atoms with Gasteiger partial charge in [-0.3, -0.25) is 4.79 Å². The SMILES string of the molecule is O=C(NC1C2CC3CC1CC(O)(C3)C2)C1(CCOc2ccc(Cl)cc2Cl)CC1. The minimum absolute atomic E-state index is 0.183. The number of carbonyl (C=O) groups excluding carboxylic acids is 1. The van der Waals surface area contributed by atoms with Gasteiger partial charge in [0.2, 0.25) is 5.91 Å². The molecule has 6 rings (SSSR count). The maximum absolute atomic E-state index is 13.1. The van der Waals surface area contributed by atoms with Crippen molar-refractivity contribution in [1.82, 2.24) is 5.32 Å². The highest BCUT2D eigenvalue weighted by molar-refractivity contribution is 6.35. The monoisotopic (exact) mass is 423 g/mol. The zero-order chi connectivity index (χ0) is 19.5. The Hall–Kier alpha value is -0.970. The van der Waals surface area contributed by atoms with Crippen LogP contribution in [0.3, 0.4) is 0 Å². The molecule has 4 bridgehead atoms. The van der Waals surface area contributed by atoms with Crippen LogP contribution in [0.5, 0.6) is 5.75 Å². The third-order valence-electron chi connectivity index (χ3n) is 7.61. The van der Waals surface area contributed by atoms with Gasteiger partial charge in [0.15, 0.2) is 0 Å². The molecule has 1 aromatic rings. The molecule has 0 aliphatic heterocycles. The summed E-state index contributed by atoms with van der Waals surface area (Å²) in [7, 11) is 0. The molecule has 0 aromatic heterocycles. The second-order valence-electron chi connectivity index (χ2n) is 9.65. The van der Waals surface area contributed by atoms with Crippen LogP contribution in [-0.2, 0) is 4.79 Å². The van der Waals surface area contributed by atoms with E-state index in [-0.39, 0.29) is 17.4 Å². The highest BCUT2D eigenvalue weighted by Crippen LogP contribution is 2.56. The summed E-state index contributed by atoms with van der Waals surface area (Å²) in [5.41, 5.74) is -0.745. The molecule has 2 atom stereocenters. The Bertz CT molecular complexity index is 778. The summed E-state index contributed by atoms with van der Waals surface area (Å²) in [5, 5.41) is 15.2. The molecule has 2 N–H and O–H groups in total. The molecule has 5 fully saturated rings. The van der Waals surface area contributed by atoms with E-state index >= 15 is 0 Å². The van der Waals surface area contributed by atoms with E-state index in [0.717, 1.165) is 44.9 Å². The molecule has 0 heterocycles. The van der Waals surface area contributed by atoms with Crippen LogP contribution in [0.2, 0.25) is 10.0 Å². The van der Waals surface area contributed by atoms with Crippen molar-refractivity contribution in [3.63, 3.8) is 0 Å². The van der Waals surface area contributed by atoms with Gasteiger partial charge in [-0.1, -0.05) is 23.2 Å². The van der Waals surface area contributed by atoms with E-state index in [9.17, 15) is 9.90 Å². The molecular formula is C22H27Cl2NO3. The van der Waals surface area contributed by atoms with E-state index in [1.807, 2.05) is 0 Å². The van der Waals surface area contributed by atoms with E-state index in [2.05, 4.69) is 5.32 Å². The second kappa shape index (κ2) is 6.78. The van der Waals surface area contributed by atoms with Gasteiger partial charge in [-0.05, 0) is 87.3 Å². The standard InChI is InChI=1S/C22H27Cl2NO3/c23-16-1-2-18(17(24)9-16)28-6-5-21(3-4-21)20(26)25-19-14-7-13-8-15(19)12-22(27,10-13)11-14/h1-2,9,13-15,19,27H,3-8,10-12H2,(H,25,26). The zero-order valence-electron chi connectivity index (χ0n) is 15.9. The summed E-state index contributed by atoms with van der Waals surface area (Å²) in [5.74, 6) is 2.34. The largest absolute Gasteiger partial charge is 0.492 e. The number of hydrogen-bond acceptors (Lipinski definition) is 3. The molecule has 2 unspecified atom stereocenters. The van der Waals surface area contributed by atoms with Gasteiger partial charge < -0.3 is 15.2 Å². The average molecular weight is 424 g/mol. The number of hydrogen-bond donors (Lipinski definition) is 2. The summed E-state index contributed by atoms with van der Waals surface area (Å²) in [4.78, 5) is 13.1. The van der Waals surface area contributed by atoms with Crippen LogP contribution in [0.25, 0.3) is 0 Å². The molecule has 0 radical (unpaired) electrons. The van der Waals surface area contributed by atoms with Gasteiger partial charge in [0.25, 0.3) is 0 Å². The predicted molar refractivity (Wildman–Crippen MR) is 109 cm³/mol. The maximum Gasteiger partial charge on any atom is 0.226 e. The zero-order valence-corrected chi connectivity index (χ0v) is 17.4. The van der Waals surface area contributed by atoms with Crippen LogP contribution in [0.15, 0.2) is 18.2 Å². The Balaban J connectivity index is 1.18. The molecule has 1 amide bonds. The van der Waals surface area contributed by atoms with Crippen LogP contribution in [-0.4, -0.2) is 29.3 Å². The quantitative estimate of drug-likeness (QED) is 0.702. The van der Waals surface area contributed by atoms with Gasteiger partial charge in [0.05, 0.1) is 22.6 Å². The summed E-state index contributed by atoms with van der Waals surface area (Å²) < 4.78 is 5.81. The molecular weight excluding hydrogens is 397 g/mol. The average Bonchev–Trinajstić information content (AvgIpc) is 3.39. The molecule has 1 aromatic carbocycles. The van der Waals surface area contributed by atoms with Crippen molar-refractivity contribution >= 4 is 29.1 Å². The summed E-state index contributed by atoms with van der Waals surface area (Å²) in [6, 6.07) is 5.43. The number of benzene rings is 1. The first-order valence-corrected chi connectivity index (χ1v) is 11.2. The van der Waals surface area contributed by atoms with Gasteiger partial charge >= 0.3 is 0 Å². The lowest BCUT2D eigenvalue weighted by Crippen LogP contribution is -2.62. The molecule has 5 saturated carbocycles. The van der Waals surface area contributed by atoms with Crippen LogP contribution in [0, 0.1) is 23.2 Å². The Morgan fingerprint density at radius 1 is 1.18 bits per heavy atom. The summed E-state index contributed by atoms with van der Waals surface area (Å²) >= 11 is 12.1. The molecule has 4 nitrogen and oxygen atoms in total. The lowest BCUT2D eigenvalue weighted by molar-refractivity contribution is -0.149. The lowest BCUT2D eigenvalue weighted by Gasteiger charge is -2.58. The number of rotatable bonds is 6. The van der Waals surface area contributed by atoms with E-state index in [0.29, 0.717) is 46.6 Å². The fraction of sp³-hybridized carbons (Fsp3) is 0.682. The molecule has 0 spiro atoms. The molecule has 5 aliphatic carbocycles. The lowest BCUT2D eigenvalue weighted by atomic mass is 9.52. The van der Waals surface area contributed by atoms with Crippen molar-refractivity contribution in [2.45, 2.75) is 63.0 Å². The third-order valence-corrected chi connectivity index (χ3v) is 8.14. The van der Waals surface area contributed by atoms with Crippen molar-refractivity contribution in [1.29, 1.82) is 0 Å². The Morgan fingerprint density at radius 3 is 2.50 bits per heavy atom. The smallest absolute Gasteiger partial charge is 0.226 e. The first kappa shape index (κ1) is 19.0. The number of carbonyl (C=O) groups is 1. The number of halogens is 2. The third kappa shape index (κ3) is 3.42. The van der Waals surface area contributed by atoms with E-state index < -0.39 is 5.60 Å². The Kier molecular flexibility index (Phi) is 4.61. The topological polar surface area (TPSA) is 58.6 Å². The van der Waals surface area contributed by atoms with E-state index in [1.165, 1.54) is 0 Å². The van der Waals surface area contributed by atoms with Gasteiger partial charge in [-0.2, -0.15) is 0 Å². The van der Waals surface area contributed by atoms with Crippen molar-refractivity contribution < 1.29 is 14.6 Å². The maximum atomic E-state index is 13.1. The first-order valence-electron chi connectivity index (χ1n) is 10.5. The van der Waals surface area contributed by atoms with E-state index in [1.54, 1.807) is 18.2 Å². The van der Waals surface area contributed by atoms with Crippen LogP contribution < -0.4 is 10.1 Å². The molecule has 6 heteroatoms. The van der Waals surface area contributed by atoms with Gasteiger partial charge in [-0.15, -0.1) is 0 Å². The van der Waals surface area contributed by atoms with Gasteiger partial charge in [-0.25, -0.2) is 0 Å². The predicted octanol–water partition coefficient (Wildman–Crippen LogP) is 4.60. The fourth-order valence-electron chi connectivity index (χ4n) is 6.21. The summed E-state index contributed by atoms with van der Waals surface area (Å²) in [6.07, 6.45) is 7.55. The molecule has 5 aliphatic rings. The Labute approximate surface area is 175 Å². The fourth-order valence-corrected chi connectivity index (χ4v) is 6.67. The number of ether oxygens (including phenoxy) is 1. The molecule has 152 valence electrons. The normalized spacial score (nSPS) is 37.0. The van der Waals surface area contributed by atoms with Gasteiger partial charge in [0.1, 0.15) is 5.75 Å². The minimum Gasteiger partial charge on any atom is -0.492 e. The van der Waals surface area contributed by atoms with Crippen LogP contribution in [0.1, 0.15) is 51.4 Å². The van der Waals surface area contributed by atoms with Crippen molar-refractivity contribution in [3.05, 3.63) is 28.2 Å². The van der Waals surface area contributed by atoms with Gasteiger partial charge in [0, 0.05) is 11.1 Å². The minimum atomic E-state index is -0.458. The molecule has 0 saturated heterocycles. The molecule has 28 heavy (non-hydrogen) atoms. The summed E-state index contributed by atoms with van der Waals surface area (Å²) in [6.45, 7) is 0.466. The van der Waals surface area contributed by atoms with Crippen LogP contribution >= 0.6 is 23.2 Å². The van der Waals surface area contributed by atoms with Crippen molar-refractivity contribution in [2.75, 3.05) is 6.61 Å². The second-order valence-corrected chi connectivity index (χ2v) is 10.5.